The van der Waals surface area contributed by atoms with Crippen LogP contribution in [0.15, 0.2) is 36.4 Å². The van der Waals surface area contributed by atoms with E-state index in [1.165, 1.54) is 4.90 Å². The maximum atomic E-state index is 12.1. The van der Waals surface area contributed by atoms with Crippen molar-refractivity contribution in [2.75, 3.05) is 20.2 Å². The molecule has 0 saturated carbocycles. The minimum absolute atomic E-state index is 0.0805. The standard InChI is InChI=1S/C15H17NO4/c1-11(2)15(19)20-9-8-16(3)14(18)13-7-5-4-6-12(13)10-17/h4-7,10H,1,8-9H2,2-3H3. The van der Waals surface area contributed by atoms with Gasteiger partial charge in [-0.2, -0.15) is 0 Å². The summed E-state index contributed by atoms with van der Waals surface area (Å²) in [5, 5.41) is 0. The molecule has 0 aromatic heterocycles. The zero-order valence-electron chi connectivity index (χ0n) is 11.6. The molecule has 1 rings (SSSR count). The molecule has 1 aromatic carbocycles. The Kier molecular flexibility index (Phi) is 5.65. The van der Waals surface area contributed by atoms with Crippen LogP contribution in [0.3, 0.4) is 0 Å². The molecule has 0 aliphatic rings. The second kappa shape index (κ2) is 7.23. The number of rotatable bonds is 6. The van der Waals surface area contributed by atoms with Crippen molar-refractivity contribution in [2.45, 2.75) is 6.92 Å². The zero-order chi connectivity index (χ0) is 15.1. The SMILES string of the molecule is C=C(C)C(=O)OCCN(C)C(=O)c1ccccc1C=O. The van der Waals surface area contributed by atoms with Gasteiger partial charge in [0.2, 0.25) is 0 Å². The molecule has 1 aromatic rings. The summed E-state index contributed by atoms with van der Waals surface area (Å²) >= 11 is 0. The van der Waals surface area contributed by atoms with Crippen LogP contribution < -0.4 is 0 Å². The highest BCUT2D eigenvalue weighted by atomic mass is 16.5. The molecule has 5 heteroatoms. The summed E-state index contributed by atoms with van der Waals surface area (Å²) in [6, 6.07) is 6.54. The summed E-state index contributed by atoms with van der Waals surface area (Å²) in [6.45, 7) is 5.34. The minimum atomic E-state index is -0.487. The number of ether oxygens (including phenoxy) is 1. The lowest BCUT2D eigenvalue weighted by Crippen LogP contribution is -2.31. The smallest absolute Gasteiger partial charge is 0.333 e. The van der Waals surface area contributed by atoms with Gasteiger partial charge >= 0.3 is 5.97 Å². The van der Waals surface area contributed by atoms with Crippen LogP contribution in [0.5, 0.6) is 0 Å². The Bertz CT molecular complexity index is 536. The second-order valence-corrected chi connectivity index (χ2v) is 4.35. The predicted molar refractivity (Wildman–Crippen MR) is 74.6 cm³/mol. The fourth-order valence-corrected chi connectivity index (χ4v) is 1.50. The first-order chi connectivity index (χ1) is 9.47. The topological polar surface area (TPSA) is 63.7 Å². The summed E-state index contributed by atoms with van der Waals surface area (Å²) in [7, 11) is 1.58. The predicted octanol–water partition coefficient (Wildman–Crippen LogP) is 1.69. The summed E-state index contributed by atoms with van der Waals surface area (Å²) in [5.74, 6) is -0.779. The fourth-order valence-electron chi connectivity index (χ4n) is 1.50. The molecule has 20 heavy (non-hydrogen) atoms. The van der Waals surface area contributed by atoms with E-state index >= 15 is 0 Å². The highest BCUT2D eigenvalue weighted by molar-refractivity contribution is 6.01. The van der Waals surface area contributed by atoms with Crippen LogP contribution in [0, 0.1) is 0 Å². The molecule has 0 saturated heterocycles. The number of carbonyl (C=O) groups excluding carboxylic acids is 3. The Balaban J connectivity index is 2.61. The number of benzene rings is 1. The molecule has 0 atom stereocenters. The van der Waals surface area contributed by atoms with Crippen LogP contribution in [-0.2, 0) is 9.53 Å². The largest absolute Gasteiger partial charge is 0.460 e. The molecule has 0 radical (unpaired) electrons. The molecule has 0 heterocycles. The summed E-state index contributed by atoms with van der Waals surface area (Å²) < 4.78 is 4.91. The van der Waals surface area contributed by atoms with Crippen molar-refractivity contribution >= 4 is 18.2 Å². The van der Waals surface area contributed by atoms with E-state index in [9.17, 15) is 14.4 Å². The highest BCUT2D eigenvalue weighted by Gasteiger charge is 2.15. The lowest BCUT2D eigenvalue weighted by Gasteiger charge is -2.18. The van der Waals surface area contributed by atoms with Gasteiger partial charge in [0.15, 0.2) is 6.29 Å². The molecule has 0 N–H and O–H groups in total. The first-order valence-corrected chi connectivity index (χ1v) is 6.09. The third-order valence-corrected chi connectivity index (χ3v) is 2.67. The highest BCUT2D eigenvalue weighted by Crippen LogP contribution is 2.09. The van der Waals surface area contributed by atoms with E-state index < -0.39 is 5.97 Å². The van der Waals surface area contributed by atoms with E-state index in [1.54, 1.807) is 38.2 Å². The van der Waals surface area contributed by atoms with Crippen LogP contribution in [0.25, 0.3) is 0 Å². The molecule has 0 unspecified atom stereocenters. The van der Waals surface area contributed by atoms with Gasteiger partial charge in [-0.05, 0) is 13.0 Å². The molecule has 0 aliphatic heterocycles. The van der Waals surface area contributed by atoms with Gasteiger partial charge in [-0.15, -0.1) is 0 Å². The summed E-state index contributed by atoms with van der Waals surface area (Å²) in [6.07, 6.45) is 0.641. The molecule has 0 spiro atoms. The Labute approximate surface area is 117 Å². The number of carbonyl (C=O) groups is 3. The number of esters is 1. The van der Waals surface area contributed by atoms with Gasteiger partial charge in [0.25, 0.3) is 5.91 Å². The lowest BCUT2D eigenvalue weighted by atomic mass is 10.1. The second-order valence-electron chi connectivity index (χ2n) is 4.35. The van der Waals surface area contributed by atoms with E-state index in [2.05, 4.69) is 6.58 Å². The van der Waals surface area contributed by atoms with Crippen LogP contribution in [0.2, 0.25) is 0 Å². The Hall–Kier alpha value is -2.43. The van der Waals surface area contributed by atoms with Gasteiger partial charge < -0.3 is 9.64 Å². The van der Waals surface area contributed by atoms with Gasteiger partial charge in [-0.25, -0.2) is 4.79 Å². The third kappa shape index (κ3) is 4.05. The third-order valence-electron chi connectivity index (χ3n) is 2.67. The number of nitrogens with zero attached hydrogens (tertiary/aromatic N) is 1. The number of amides is 1. The maximum Gasteiger partial charge on any atom is 0.333 e. The minimum Gasteiger partial charge on any atom is -0.460 e. The lowest BCUT2D eigenvalue weighted by molar-refractivity contribution is -0.139. The molecular formula is C15H17NO4. The maximum absolute atomic E-state index is 12.1. The van der Waals surface area contributed by atoms with Gasteiger partial charge in [0, 0.05) is 18.2 Å². The average molecular weight is 275 g/mol. The van der Waals surface area contributed by atoms with Crippen molar-refractivity contribution in [3.63, 3.8) is 0 Å². The zero-order valence-corrected chi connectivity index (χ0v) is 11.6. The van der Waals surface area contributed by atoms with Crippen molar-refractivity contribution in [1.82, 2.24) is 4.90 Å². The van der Waals surface area contributed by atoms with Crippen molar-refractivity contribution in [1.29, 1.82) is 0 Å². The van der Waals surface area contributed by atoms with Crippen LogP contribution in [0.4, 0.5) is 0 Å². The number of likely N-dealkylation sites (N-methyl/N-ethyl adjacent to an activating group) is 1. The van der Waals surface area contributed by atoms with Crippen LogP contribution in [-0.4, -0.2) is 43.3 Å². The fraction of sp³-hybridized carbons (Fsp3) is 0.267. The Morgan fingerprint density at radius 2 is 2.00 bits per heavy atom. The molecule has 5 nitrogen and oxygen atoms in total. The first kappa shape index (κ1) is 15.6. The van der Waals surface area contributed by atoms with Crippen molar-refractivity contribution < 1.29 is 19.1 Å². The Morgan fingerprint density at radius 1 is 1.35 bits per heavy atom. The Morgan fingerprint density at radius 3 is 2.60 bits per heavy atom. The molecular weight excluding hydrogens is 258 g/mol. The quantitative estimate of drug-likeness (QED) is 0.450. The first-order valence-electron chi connectivity index (χ1n) is 6.09. The molecule has 0 bridgehead atoms. The van der Waals surface area contributed by atoms with E-state index in [4.69, 9.17) is 4.74 Å². The number of hydrogen-bond acceptors (Lipinski definition) is 4. The van der Waals surface area contributed by atoms with E-state index in [0.29, 0.717) is 23.0 Å². The van der Waals surface area contributed by atoms with E-state index in [1.807, 2.05) is 0 Å². The average Bonchev–Trinajstić information content (AvgIpc) is 2.45. The van der Waals surface area contributed by atoms with Gasteiger partial charge in [0.1, 0.15) is 6.61 Å². The summed E-state index contributed by atoms with van der Waals surface area (Å²) in [4.78, 5) is 35.6. The molecule has 0 aliphatic carbocycles. The van der Waals surface area contributed by atoms with Crippen molar-refractivity contribution in [3.05, 3.63) is 47.5 Å². The number of hydrogen-bond donors (Lipinski definition) is 0. The molecule has 106 valence electrons. The van der Waals surface area contributed by atoms with E-state index in [-0.39, 0.29) is 19.1 Å². The van der Waals surface area contributed by atoms with E-state index in [0.717, 1.165) is 0 Å². The van der Waals surface area contributed by atoms with Crippen LogP contribution >= 0.6 is 0 Å². The normalized spacial score (nSPS) is 9.70. The molecule has 1 amide bonds. The molecule has 0 fully saturated rings. The van der Waals surface area contributed by atoms with Crippen LogP contribution in [0.1, 0.15) is 27.6 Å². The van der Waals surface area contributed by atoms with Gasteiger partial charge in [0.05, 0.1) is 12.1 Å². The van der Waals surface area contributed by atoms with Crippen molar-refractivity contribution in [3.8, 4) is 0 Å². The van der Waals surface area contributed by atoms with Gasteiger partial charge in [-0.1, -0.05) is 24.8 Å². The monoisotopic (exact) mass is 275 g/mol. The van der Waals surface area contributed by atoms with Crippen molar-refractivity contribution in [2.24, 2.45) is 0 Å². The summed E-state index contributed by atoms with van der Waals surface area (Å²) in [5.41, 5.74) is 0.977. The number of aldehydes is 1. The van der Waals surface area contributed by atoms with Gasteiger partial charge in [-0.3, -0.25) is 9.59 Å².